The van der Waals surface area contributed by atoms with E-state index < -0.39 is 18.0 Å². The number of carbonyl (C=O) groups is 2. The lowest BCUT2D eigenvalue weighted by molar-refractivity contribution is -0.138. The Balaban J connectivity index is 3.56. The quantitative estimate of drug-likeness (QED) is 0.505. The van der Waals surface area contributed by atoms with Gasteiger partial charge >= 0.3 is 12.0 Å². The number of hydrogen-bond donors (Lipinski definition) is 3. The van der Waals surface area contributed by atoms with E-state index in [4.69, 9.17) is 5.11 Å². The highest BCUT2D eigenvalue weighted by Crippen LogP contribution is 1.80. The van der Waals surface area contributed by atoms with Gasteiger partial charge in [-0.1, -0.05) is 0 Å². The van der Waals surface area contributed by atoms with Gasteiger partial charge in [-0.05, 0) is 6.92 Å². The van der Waals surface area contributed by atoms with Gasteiger partial charge in [-0.2, -0.15) is 0 Å². The van der Waals surface area contributed by atoms with Gasteiger partial charge in [0, 0.05) is 13.7 Å². The zero-order chi connectivity index (χ0) is 10.3. The molecule has 0 bridgehead atoms. The van der Waals surface area contributed by atoms with Crippen molar-refractivity contribution < 1.29 is 19.4 Å². The average molecular weight is 190 g/mol. The number of carbonyl (C=O) groups excluding carboxylic acids is 1. The average Bonchev–Trinajstić information content (AvgIpc) is 2.04. The Morgan fingerprint density at radius 2 is 2.15 bits per heavy atom. The van der Waals surface area contributed by atoms with Gasteiger partial charge in [0.25, 0.3) is 0 Å². The lowest BCUT2D eigenvalue weighted by Gasteiger charge is -2.09. The molecule has 0 radical (unpaired) electrons. The first-order valence-corrected chi connectivity index (χ1v) is 3.84. The Bertz CT molecular complexity index is 183. The summed E-state index contributed by atoms with van der Waals surface area (Å²) in [6.45, 7) is 2.14. The van der Waals surface area contributed by atoms with Gasteiger partial charge in [0.2, 0.25) is 0 Å². The number of carboxylic acid groups (broad SMARTS) is 1. The summed E-state index contributed by atoms with van der Waals surface area (Å²) in [5.41, 5.74) is 0. The highest BCUT2D eigenvalue weighted by atomic mass is 16.5. The van der Waals surface area contributed by atoms with Crippen LogP contribution in [0.1, 0.15) is 6.92 Å². The highest BCUT2D eigenvalue weighted by Gasteiger charge is 2.12. The van der Waals surface area contributed by atoms with Crippen molar-refractivity contribution in [3.05, 3.63) is 0 Å². The topological polar surface area (TPSA) is 87.7 Å². The van der Waals surface area contributed by atoms with Crippen LogP contribution >= 0.6 is 0 Å². The molecule has 0 rings (SSSR count). The third-order valence-corrected chi connectivity index (χ3v) is 1.31. The minimum absolute atomic E-state index is 0.356. The molecule has 76 valence electrons. The molecule has 0 fully saturated rings. The first-order chi connectivity index (χ1) is 6.07. The van der Waals surface area contributed by atoms with Crippen molar-refractivity contribution in [3.8, 4) is 0 Å². The molecular formula is C7H14N2O4. The summed E-state index contributed by atoms with van der Waals surface area (Å²) in [4.78, 5) is 21.2. The van der Waals surface area contributed by atoms with Crippen LogP contribution in [-0.4, -0.2) is 43.4 Å². The molecule has 13 heavy (non-hydrogen) atoms. The number of methoxy groups -OCH3 is 1. The smallest absolute Gasteiger partial charge is 0.325 e. The molecule has 0 aliphatic heterocycles. The van der Waals surface area contributed by atoms with Crippen molar-refractivity contribution in [1.82, 2.24) is 10.6 Å². The molecule has 6 heteroatoms. The monoisotopic (exact) mass is 190 g/mol. The lowest BCUT2D eigenvalue weighted by atomic mass is 10.3. The molecule has 0 heterocycles. The maximum absolute atomic E-state index is 10.9. The van der Waals surface area contributed by atoms with E-state index >= 15 is 0 Å². The molecule has 0 aromatic rings. The fraction of sp³-hybridized carbons (Fsp3) is 0.714. The third kappa shape index (κ3) is 5.92. The Hall–Kier alpha value is -1.30. The van der Waals surface area contributed by atoms with E-state index in [1.807, 2.05) is 0 Å². The van der Waals surface area contributed by atoms with Crippen molar-refractivity contribution in [2.75, 3.05) is 20.3 Å². The molecular weight excluding hydrogens is 176 g/mol. The highest BCUT2D eigenvalue weighted by molar-refractivity contribution is 5.82. The van der Waals surface area contributed by atoms with E-state index in [1.165, 1.54) is 14.0 Å². The van der Waals surface area contributed by atoms with Crippen molar-refractivity contribution in [2.24, 2.45) is 0 Å². The maximum atomic E-state index is 10.9. The van der Waals surface area contributed by atoms with Crippen LogP contribution < -0.4 is 10.6 Å². The van der Waals surface area contributed by atoms with Crippen molar-refractivity contribution >= 4 is 12.0 Å². The number of ether oxygens (including phenoxy) is 1. The predicted octanol–water partition coefficient (Wildman–Crippen LogP) is -0.595. The second-order valence-corrected chi connectivity index (χ2v) is 2.45. The molecule has 0 aromatic heterocycles. The first kappa shape index (κ1) is 11.7. The molecule has 0 spiro atoms. The molecule has 0 aliphatic carbocycles. The van der Waals surface area contributed by atoms with Gasteiger partial charge in [-0.3, -0.25) is 4.79 Å². The second kappa shape index (κ2) is 6.24. The number of aliphatic carboxylic acids is 1. The first-order valence-electron chi connectivity index (χ1n) is 3.84. The summed E-state index contributed by atoms with van der Waals surface area (Å²) >= 11 is 0. The fourth-order valence-corrected chi connectivity index (χ4v) is 0.576. The summed E-state index contributed by atoms with van der Waals surface area (Å²) in [6, 6.07) is -1.39. The van der Waals surface area contributed by atoms with E-state index in [0.29, 0.717) is 13.2 Å². The predicted molar refractivity (Wildman–Crippen MR) is 45.5 cm³/mol. The van der Waals surface area contributed by atoms with Gasteiger partial charge in [-0.15, -0.1) is 0 Å². The van der Waals surface area contributed by atoms with E-state index in [2.05, 4.69) is 15.4 Å². The summed E-state index contributed by atoms with van der Waals surface area (Å²) < 4.78 is 4.69. The van der Waals surface area contributed by atoms with Crippen LogP contribution in [0, 0.1) is 0 Å². The summed E-state index contributed by atoms with van der Waals surface area (Å²) in [5, 5.41) is 13.1. The molecule has 0 aromatic carbocycles. The van der Waals surface area contributed by atoms with Gasteiger partial charge in [0.1, 0.15) is 6.04 Å². The number of carboxylic acids is 1. The standard InChI is InChI=1S/C7H14N2O4/c1-5(6(10)11)9-7(12)8-3-4-13-2/h5H,3-4H2,1-2H3,(H,10,11)(H2,8,9,12)/t5-/m0/s1. The van der Waals surface area contributed by atoms with Crippen LogP contribution in [0.3, 0.4) is 0 Å². The van der Waals surface area contributed by atoms with Crippen LogP contribution in [0.5, 0.6) is 0 Å². The van der Waals surface area contributed by atoms with Crippen LogP contribution in [0.4, 0.5) is 4.79 Å². The van der Waals surface area contributed by atoms with Gasteiger partial charge in [-0.25, -0.2) is 4.79 Å². The maximum Gasteiger partial charge on any atom is 0.325 e. The van der Waals surface area contributed by atoms with E-state index in [9.17, 15) is 9.59 Å². The minimum Gasteiger partial charge on any atom is -0.480 e. The van der Waals surface area contributed by atoms with E-state index in [0.717, 1.165) is 0 Å². The van der Waals surface area contributed by atoms with Crippen molar-refractivity contribution in [3.63, 3.8) is 0 Å². The Labute approximate surface area is 76.3 Å². The van der Waals surface area contributed by atoms with Crippen molar-refractivity contribution in [1.29, 1.82) is 0 Å². The van der Waals surface area contributed by atoms with Crippen LogP contribution in [0.2, 0.25) is 0 Å². The molecule has 0 saturated carbocycles. The normalized spacial score (nSPS) is 11.8. The number of nitrogens with one attached hydrogen (secondary N) is 2. The van der Waals surface area contributed by atoms with Gasteiger partial charge in [0.05, 0.1) is 6.61 Å². The van der Waals surface area contributed by atoms with Crippen LogP contribution in [-0.2, 0) is 9.53 Å². The van der Waals surface area contributed by atoms with Gasteiger partial charge in [0.15, 0.2) is 0 Å². The molecule has 0 saturated heterocycles. The summed E-state index contributed by atoms with van der Waals surface area (Å²) in [5.74, 6) is -1.07. The molecule has 3 N–H and O–H groups in total. The van der Waals surface area contributed by atoms with Crippen molar-refractivity contribution in [2.45, 2.75) is 13.0 Å². The van der Waals surface area contributed by atoms with Crippen LogP contribution in [0.15, 0.2) is 0 Å². The third-order valence-electron chi connectivity index (χ3n) is 1.31. The number of hydrogen-bond acceptors (Lipinski definition) is 3. The SMILES string of the molecule is COCCNC(=O)N[C@@H](C)C(=O)O. The second-order valence-electron chi connectivity index (χ2n) is 2.45. The Morgan fingerprint density at radius 3 is 2.62 bits per heavy atom. The van der Waals surface area contributed by atoms with Gasteiger partial charge < -0.3 is 20.5 Å². The van der Waals surface area contributed by atoms with E-state index in [-0.39, 0.29) is 0 Å². The lowest BCUT2D eigenvalue weighted by Crippen LogP contribution is -2.45. The Morgan fingerprint density at radius 1 is 1.54 bits per heavy atom. The van der Waals surface area contributed by atoms with E-state index in [1.54, 1.807) is 0 Å². The molecule has 2 amide bonds. The number of rotatable bonds is 5. The molecule has 0 aliphatic rings. The fourth-order valence-electron chi connectivity index (χ4n) is 0.576. The minimum atomic E-state index is -1.07. The number of amides is 2. The Kier molecular flexibility index (Phi) is 5.62. The molecule has 6 nitrogen and oxygen atoms in total. The van der Waals surface area contributed by atoms with Crippen LogP contribution in [0.25, 0.3) is 0 Å². The molecule has 1 atom stereocenters. The number of urea groups is 1. The largest absolute Gasteiger partial charge is 0.480 e. The summed E-state index contributed by atoms with van der Waals surface area (Å²) in [6.07, 6.45) is 0. The zero-order valence-corrected chi connectivity index (χ0v) is 7.66. The zero-order valence-electron chi connectivity index (χ0n) is 7.66. The molecule has 0 unspecified atom stereocenters. The summed E-state index contributed by atoms with van der Waals surface area (Å²) in [7, 11) is 1.51.